The van der Waals surface area contributed by atoms with E-state index in [2.05, 4.69) is 28.5 Å². The Morgan fingerprint density at radius 1 is 1.41 bits per heavy atom. The van der Waals surface area contributed by atoms with Crippen molar-refractivity contribution in [2.75, 3.05) is 20.2 Å². The van der Waals surface area contributed by atoms with Crippen molar-refractivity contribution < 1.29 is 4.74 Å². The number of ether oxygens (including phenoxy) is 1. The second kappa shape index (κ2) is 4.40. The zero-order valence-electron chi connectivity index (χ0n) is 10.2. The van der Waals surface area contributed by atoms with Crippen LogP contribution in [-0.2, 0) is 12.8 Å². The van der Waals surface area contributed by atoms with Crippen LogP contribution in [-0.4, -0.2) is 26.0 Å². The van der Waals surface area contributed by atoms with E-state index in [0.29, 0.717) is 5.92 Å². The summed E-state index contributed by atoms with van der Waals surface area (Å²) in [5.41, 5.74) is 2.82. The molecule has 1 atom stereocenters. The topological polar surface area (TPSA) is 33.6 Å². The number of nitrogens with zero attached hydrogens (tertiary/aromatic N) is 1. The maximum absolute atomic E-state index is 5.43. The van der Waals surface area contributed by atoms with Crippen LogP contribution >= 0.6 is 0 Å². The maximum Gasteiger partial charge on any atom is 0.122 e. The molecule has 0 bridgehead atoms. The van der Waals surface area contributed by atoms with E-state index in [1.54, 1.807) is 7.11 Å². The minimum atomic E-state index is 0.581. The van der Waals surface area contributed by atoms with Crippen LogP contribution in [0.2, 0.25) is 0 Å². The molecule has 1 unspecified atom stereocenters. The first-order valence-corrected chi connectivity index (χ1v) is 6.31. The third-order valence-corrected chi connectivity index (χ3v) is 3.75. The number of hydrogen-bond acceptors (Lipinski definition) is 3. The van der Waals surface area contributed by atoms with Gasteiger partial charge in [-0.3, -0.25) is 4.99 Å². The smallest absolute Gasteiger partial charge is 0.122 e. The van der Waals surface area contributed by atoms with Crippen molar-refractivity contribution >= 4 is 5.84 Å². The average molecular weight is 230 g/mol. The molecule has 0 saturated heterocycles. The summed E-state index contributed by atoms with van der Waals surface area (Å²) in [5, 5.41) is 3.40. The predicted molar refractivity (Wildman–Crippen MR) is 68.8 cm³/mol. The Morgan fingerprint density at radius 2 is 2.35 bits per heavy atom. The third kappa shape index (κ3) is 1.90. The molecule has 0 fully saturated rings. The zero-order chi connectivity index (χ0) is 11.7. The molecule has 1 aromatic carbocycles. The van der Waals surface area contributed by atoms with Crippen molar-refractivity contribution in [1.29, 1.82) is 0 Å². The first-order valence-electron chi connectivity index (χ1n) is 6.31. The fraction of sp³-hybridized carbons (Fsp3) is 0.500. The molecule has 17 heavy (non-hydrogen) atoms. The molecule has 1 aromatic rings. The van der Waals surface area contributed by atoms with Gasteiger partial charge in [-0.05, 0) is 36.5 Å². The first-order chi connectivity index (χ1) is 8.38. The Morgan fingerprint density at radius 3 is 3.12 bits per heavy atom. The predicted octanol–water partition coefficient (Wildman–Crippen LogP) is 1.80. The number of rotatable bonds is 2. The number of amidine groups is 1. The van der Waals surface area contributed by atoms with E-state index in [-0.39, 0.29) is 0 Å². The van der Waals surface area contributed by atoms with Crippen LogP contribution in [0.1, 0.15) is 17.5 Å². The third-order valence-electron chi connectivity index (χ3n) is 3.75. The number of nitrogens with one attached hydrogen (secondary N) is 1. The van der Waals surface area contributed by atoms with E-state index < -0.39 is 0 Å². The van der Waals surface area contributed by atoms with Crippen molar-refractivity contribution in [2.45, 2.75) is 19.3 Å². The maximum atomic E-state index is 5.43. The molecule has 3 nitrogen and oxygen atoms in total. The largest absolute Gasteiger partial charge is 0.496 e. The highest BCUT2D eigenvalue weighted by Gasteiger charge is 2.25. The summed E-state index contributed by atoms with van der Waals surface area (Å²) in [5.74, 6) is 2.85. The van der Waals surface area contributed by atoms with Crippen LogP contribution < -0.4 is 10.1 Å². The van der Waals surface area contributed by atoms with Gasteiger partial charge < -0.3 is 10.1 Å². The zero-order valence-corrected chi connectivity index (χ0v) is 10.2. The van der Waals surface area contributed by atoms with Crippen molar-refractivity contribution in [3.63, 3.8) is 0 Å². The number of hydrogen-bond donors (Lipinski definition) is 1. The van der Waals surface area contributed by atoms with Gasteiger partial charge in [-0.1, -0.05) is 12.1 Å². The lowest BCUT2D eigenvalue weighted by molar-refractivity contribution is 0.403. The average Bonchev–Trinajstić information content (AvgIpc) is 2.91. The molecule has 0 radical (unpaired) electrons. The molecule has 2 aliphatic rings. The monoisotopic (exact) mass is 230 g/mol. The van der Waals surface area contributed by atoms with E-state index in [9.17, 15) is 0 Å². The normalized spacial score (nSPS) is 22.6. The molecular weight excluding hydrogens is 212 g/mol. The standard InChI is InChI=1S/C14H18N2O/c1-17-13-4-2-3-10-9-11(5-6-12(10)13)14-15-7-8-16-14/h2-4,11H,5-9H2,1H3,(H,15,16). The number of aliphatic imine (C=N–C) groups is 1. The van der Waals surface area contributed by atoms with E-state index in [1.165, 1.54) is 23.4 Å². The van der Waals surface area contributed by atoms with Gasteiger partial charge in [0.25, 0.3) is 0 Å². The van der Waals surface area contributed by atoms with Crippen LogP contribution in [0, 0.1) is 5.92 Å². The number of methoxy groups -OCH3 is 1. The van der Waals surface area contributed by atoms with Gasteiger partial charge in [0.05, 0.1) is 19.5 Å². The molecule has 1 N–H and O–H groups in total. The van der Waals surface area contributed by atoms with Gasteiger partial charge >= 0.3 is 0 Å². The lowest BCUT2D eigenvalue weighted by Gasteiger charge is -2.26. The Kier molecular flexibility index (Phi) is 2.75. The Balaban J connectivity index is 1.85. The molecule has 90 valence electrons. The SMILES string of the molecule is COc1cccc2c1CCC(C1=NCCN1)C2. The molecule has 1 aliphatic carbocycles. The fourth-order valence-corrected chi connectivity index (χ4v) is 2.89. The molecule has 0 amide bonds. The minimum absolute atomic E-state index is 0.581. The van der Waals surface area contributed by atoms with Gasteiger partial charge in [0.2, 0.25) is 0 Å². The Bertz CT molecular complexity index is 454. The molecule has 3 rings (SSSR count). The number of benzene rings is 1. The highest BCUT2D eigenvalue weighted by Crippen LogP contribution is 2.32. The van der Waals surface area contributed by atoms with Gasteiger partial charge in [0.15, 0.2) is 0 Å². The molecule has 0 aromatic heterocycles. The van der Waals surface area contributed by atoms with Gasteiger partial charge in [0.1, 0.15) is 5.75 Å². The fourth-order valence-electron chi connectivity index (χ4n) is 2.89. The summed E-state index contributed by atoms with van der Waals surface area (Å²) in [6.07, 6.45) is 3.38. The second-order valence-electron chi connectivity index (χ2n) is 4.73. The van der Waals surface area contributed by atoms with Crippen LogP contribution in [0.25, 0.3) is 0 Å². The van der Waals surface area contributed by atoms with Gasteiger partial charge in [0, 0.05) is 12.5 Å². The van der Waals surface area contributed by atoms with E-state index in [1.807, 2.05) is 0 Å². The quantitative estimate of drug-likeness (QED) is 0.840. The van der Waals surface area contributed by atoms with Crippen LogP contribution in [0.3, 0.4) is 0 Å². The van der Waals surface area contributed by atoms with E-state index >= 15 is 0 Å². The van der Waals surface area contributed by atoms with Gasteiger partial charge in [-0.25, -0.2) is 0 Å². The lowest BCUT2D eigenvalue weighted by atomic mass is 9.83. The highest BCUT2D eigenvalue weighted by atomic mass is 16.5. The van der Waals surface area contributed by atoms with Gasteiger partial charge in [-0.2, -0.15) is 0 Å². The molecule has 0 saturated carbocycles. The highest BCUT2D eigenvalue weighted by molar-refractivity contribution is 5.86. The Labute approximate surface area is 102 Å². The molecule has 0 spiro atoms. The summed E-state index contributed by atoms with van der Waals surface area (Å²) in [6.45, 7) is 1.95. The van der Waals surface area contributed by atoms with Crippen LogP contribution in [0.4, 0.5) is 0 Å². The van der Waals surface area contributed by atoms with Crippen molar-refractivity contribution in [3.8, 4) is 5.75 Å². The summed E-state index contributed by atoms with van der Waals surface area (Å²) in [4.78, 5) is 4.55. The van der Waals surface area contributed by atoms with Crippen molar-refractivity contribution in [1.82, 2.24) is 5.32 Å². The Hall–Kier alpha value is -1.51. The van der Waals surface area contributed by atoms with Crippen molar-refractivity contribution in [3.05, 3.63) is 29.3 Å². The number of fused-ring (bicyclic) bond motifs is 1. The minimum Gasteiger partial charge on any atom is -0.496 e. The summed E-state index contributed by atoms with van der Waals surface area (Å²) >= 11 is 0. The summed E-state index contributed by atoms with van der Waals surface area (Å²) in [6, 6.07) is 6.37. The molecule has 3 heteroatoms. The molecule has 1 heterocycles. The van der Waals surface area contributed by atoms with Gasteiger partial charge in [-0.15, -0.1) is 0 Å². The lowest BCUT2D eigenvalue weighted by Crippen LogP contribution is -2.31. The van der Waals surface area contributed by atoms with Crippen LogP contribution in [0.15, 0.2) is 23.2 Å². The molecular formula is C14H18N2O. The summed E-state index contributed by atoms with van der Waals surface area (Å²) < 4.78 is 5.43. The van der Waals surface area contributed by atoms with E-state index in [4.69, 9.17) is 4.74 Å². The molecule has 1 aliphatic heterocycles. The summed E-state index contributed by atoms with van der Waals surface area (Å²) in [7, 11) is 1.75. The second-order valence-corrected chi connectivity index (χ2v) is 4.73. The van der Waals surface area contributed by atoms with Crippen LogP contribution in [0.5, 0.6) is 5.75 Å². The first kappa shape index (κ1) is 10.6. The van der Waals surface area contributed by atoms with Crippen molar-refractivity contribution in [2.24, 2.45) is 10.9 Å². The van der Waals surface area contributed by atoms with E-state index in [0.717, 1.165) is 31.7 Å².